The average Bonchev–Trinajstić information content (AvgIpc) is 3.14. The summed E-state index contributed by atoms with van der Waals surface area (Å²) in [6.07, 6.45) is 4.12. The molecule has 25 heavy (non-hydrogen) atoms. The van der Waals surface area contributed by atoms with Gasteiger partial charge in [0.2, 0.25) is 0 Å². The zero-order chi connectivity index (χ0) is 18.1. The fourth-order valence-electron chi connectivity index (χ4n) is 2.66. The topological polar surface area (TPSA) is 53.8 Å². The fourth-order valence-corrected chi connectivity index (χ4v) is 2.66. The van der Waals surface area contributed by atoms with E-state index in [9.17, 15) is 0 Å². The number of rotatable bonds is 8. The van der Waals surface area contributed by atoms with Crippen molar-refractivity contribution in [2.45, 2.75) is 12.6 Å². The molecule has 1 aromatic carbocycles. The van der Waals surface area contributed by atoms with Gasteiger partial charge in [0.1, 0.15) is 5.75 Å². The number of ether oxygens (including phenoxy) is 1. The highest BCUT2D eigenvalue weighted by molar-refractivity contribution is 5.79. The molecule has 0 aliphatic heterocycles. The molecule has 1 aromatic heterocycles. The molecule has 2 aromatic rings. The summed E-state index contributed by atoms with van der Waals surface area (Å²) in [6, 6.07) is 12.5. The first kappa shape index (κ1) is 18.9. The Kier molecular flexibility index (Phi) is 7.35. The number of nitrogens with one attached hydrogen (secondary N) is 2. The van der Waals surface area contributed by atoms with E-state index in [0.29, 0.717) is 0 Å². The zero-order valence-corrected chi connectivity index (χ0v) is 15.6. The van der Waals surface area contributed by atoms with Crippen molar-refractivity contribution in [2.24, 2.45) is 4.99 Å². The molecule has 0 amide bonds. The lowest BCUT2D eigenvalue weighted by Crippen LogP contribution is -2.42. The summed E-state index contributed by atoms with van der Waals surface area (Å²) in [7, 11) is 7.64. The van der Waals surface area contributed by atoms with Crippen LogP contribution in [0.3, 0.4) is 0 Å². The minimum Gasteiger partial charge on any atom is -0.497 e. The van der Waals surface area contributed by atoms with Gasteiger partial charge in [-0.15, -0.1) is 0 Å². The second kappa shape index (κ2) is 9.74. The lowest BCUT2D eigenvalue weighted by atomic mass is 10.1. The van der Waals surface area contributed by atoms with Gasteiger partial charge in [-0.25, -0.2) is 0 Å². The van der Waals surface area contributed by atoms with Gasteiger partial charge in [0.25, 0.3) is 0 Å². The number of hydrogen-bond acceptors (Lipinski definition) is 3. The summed E-state index contributed by atoms with van der Waals surface area (Å²) < 4.78 is 7.38. The van der Waals surface area contributed by atoms with E-state index in [1.54, 1.807) is 14.2 Å². The van der Waals surface area contributed by atoms with E-state index in [0.717, 1.165) is 31.3 Å². The number of benzene rings is 1. The third kappa shape index (κ3) is 5.83. The van der Waals surface area contributed by atoms with Gasteiger partial charge < -0.3 is 24.8 Å². The van der Waals surface area contributed by atoms with Crippen LogP contribution in [-0.2, 0) is 6.54 Å². The van der Waals surface area contributed by atoms with Crippen LogP contribution in [0.5, 0.6) is 5.75 Å². The van der Waals surface area contributed by atoms with Gasteiger partial charge >= 0.3 is 0 Å². The van der Waals surface area contributed by atoms with Crippen molar-refractivity contribution < 1.29 is 4.74 Å². The van der Waals surface area contributed by atoms with E-state index in [4.69, 9.17) is 4.74 Å². The molecule has 0 radical (unpaired) electrons. The van der Waals surface area contributed by atoms with Crippen molar-refractivity contribution in [3.05, 3.63) is 54.4 Å². The van der Waals surface area contributed by atoms with Crippen LogP contribution in [0.4, 0.5) is 0 Å². The van der Waals surface area contributed by atoms with Crippen molar-refractivity contribution in [1.82, 2.24) is 20.1 Å². The number of methoxy groups -OCH3 is 1. The Balaban J connectivity index is 1.87. The van der Waals surface area contributed by atoms with Gasteiger partial charge in [-0.2, -0.15) is 0 Å². The molecular weight excluding hydrogens is 314 g/mol. The molecule has 0 saturated heterocycles. The first-order valence-corrected chi connectivity index (χ1v) is 8.49. The van der Waals surface area contributed by atoms with Crippen LogP contribution in [0.2, 0.25) is 0 Å². The number of guanidine groups is 1. The second-order valence-corrected chi connectivity index (χ2v) is 6.05. The van der Waals surface area contributed by atoms with Crippen LogP contribution in [0.1, 0.15) is 11.6 Å². The van der Waals surface area contributed by atoms with E-state index in [2.05, 4.69) is 63.7 Å². The molecule has 2 N–H and O–H groups in total. The van der Waals surface area contributed by atoms with E-state index >= 15 is 0 Å². The maximum Gasteiger partial charge on any atom is 0.191 e. The Hall–Kier alpha value is -2.47. The Morgan fingerprint density at radius 2 is 1.84 bits per heavy atom. The van der Waals surface area contributed by atoms with E-state index in [1.807, 2.05) is 24.3 Å². The molecule has 1 atom stereocenters. The monoisotopic (exact) mass is 343 g/mol. The summed E-state index contributed by atoms with van der Waals surface area (Å²) in [4.78, 5) is 6.50. The third-order valence-corrected chi connectivity index (χ3v) is 4.14. The van der Waals surface area contributed by atoms with E-state index in [1.165, 1.54) is 5.56 Å². The van der Waals surface area contributed by atoms with Crippen molar-refractivity contribution in [2.75, 3.05) is 41.3 Å². The Bertz CT molecular complexity index is 634. The fraction of sp³-hybridized carbons (Fsp3) is 0.421. The van der Waals surface area contributed by atoms with Gasteiger partial charge in [-0.05, 0) is 43.9 Å². The number of hydrogen-bond donors (Lipinski definition) is 2. The molecule has 0 saturated carbocycles. The van der Waals surface area contributed by atoms with Crippen LogP contribution in [-0.4, -0.2) is 56.8 Å². The zero-order valence-electron chi connectivity index (χ0n) is 15.6. The predicted octanol–water partition coefficient (Wildman–Crippen LogP) is 1.96. The quantitative estimate of drug-likeness (QED) is 0.568. The number of likely N-dealkylation sites (N-methyl/N-ethyl adjacent to an activating group) is 1. The Labute approximate surface area is 150 Å². The minimum atomic E-state index is 0.244. The molecule has 1 heterocycles. The SMILES string of the molecule is CN=C(NCCn1cccc1)NCC(c1ccc(OC)cc1)N(C)C. The average molecular weight is 343 g/mol. The van der Waals surface area contributed by atoms with Crippen molar-refractivity contribution in [3.63, 3.8) is 0 Å². The molecule has 0 aliphatic rings. The Morgan fingerprint density at radius 1 is 1.16 bits per heavy atom. The normalized spacial score (nSPS) is 12.9. The summed E-state index contributed by atoms with van der Waals surface area (Å²) >= 11 is 0. The van der Waals surface area contributed by atoms with Gasteiger partial charge in [0.15, 0.2) is 5.96 Å². The van der Waals surface area contributed by atoms with Crippen molar-refractivity contribution >= 4 is 5.96 Å². The molecule has 6 nitrogen and oxygen atoms in total. The Morgan fingerprint density at radius 3 is 2.40 bits per heavy atom. The minimum absolute atomic E-state index is 0.244. The highest BCUT2D eigenvalue weighted by Crippen LogP contribution is 2.20. The van der Waals surface area contributed by atoms with Crippen LogP contribution >= 0.6 is 0 Å². The van der Waals surface area contributed by atoms with Crippen LogP contribution in [0.15, 0.2) is 53.8 Å². The molecular formula is C19H29N5O. The first-order chi connectivity index (χ1) is 12.1. The van der Waals surface area contributed by atoms with E-state index in [-0.39, 0.29) is 6.04 Å². The molecule has 2 rings (SSSR count). The van der Waals surface area contributed by atoms with Gasteiger partial charge in [0.05, 0.1) is 13.2 Å². The summed E-state index contributed by atoms with van der Waals surface area (Å²) in [6.45, 7) is 2.50. The third-order valence-electron chi connectivity index (χ3n) is 4.14. The molecule has 136 valence electrons. The van der Waals surface area contributed by atoms with Crippen LogP contribution in [0, 0.1) is 0 Å². The summed E-state index contributed by atoms with van der Waals surface area (Å²) in [5, 5.41) is 6.77. The second-order valence-electron chi connectivity index (χ2n) is 6.05. The largest absolute Gasteiger partial charge is 0.497 e. The molecule has 0 bridgehead atoms. The van der Waals surface area contributed by atoms with Crippen molar-refractivity contribution in [1.29, 1.82) is 0 Å². The lowest BCUT2D eigenvalue weighted by molar-refractivity contribution is 0.298. The molecule has 0 spiro atoms. The number of nitrogens with zero attached hydrogens (tertiary/aromatic N) is 3. The first-order valence-electron chi connectivity index (χ1n) is 8.49. The van der Waals surface area contributed by atoms with Gasteiger partial charge in [-0.1, -0.05) is 12.1 Å². The van der Waals surface area contributed by atoms with Crippen molar-refractivity contribution in [3.8, 4) is 5.75 Å². The predicted molar refractivity (Wildman–Crippen MR) is 103 cm³/mol. The molecule has 6 heteroatoms. The lowest BCUT2D eigenvalue weighted by Gasteiger charge is -2.26. The highest BCUT2D eigenvalue weighted by atomic mass is 16.5. The van der Waals surface area contributed by atoms with Gasteiger partial charge in [0, 0.05) is 39.1 Å². The van der Waals surface area contributed by atoms with Crippen LogP contribution < -0.4 is 15.4 Å². The van der Waals surface area contributed by atoms with Crippen LogP contribution in [0.25, 0.3) is 0 Å². The highest BCUT2D eigenvalue weighted by Gasteiger charge is 2.14. The molecule has 0 aliphatic carbocycles. The smallest absolute Gasteiger partial charge is 0.191 e. The van der Waals surface area contributed by atoms with Gasteiger partial charge in [-0.3, -0.25) is 4.99 Å². The number of aliphatic imine (C=N–C) groups is 1. The summed E-state index contributed by atoms with van der Waals surface area (Å²) in [5.41, 5.74) is 1.24. The number of aromatic nitrogens is 1. The molecule has 0 fully saturated rings. The van der Waals surface area contributed by atoms with E-state index < -0.39 is 0 Å². The summed E-state index contributed by atoms with van der Waals surface area (Å²) in [5.74, 6) is 1.68. The maximum atomic E-state index is 5.24. The molecule has 1 unspecified atom stereocenters. The maximum absolute atomic E-state index is 5.24. The standard InChI is InChI=1S/C19H29N5O/c1-20-19(21-11-14-24-12-5-6-13-24)22-15-18(23(2)3)16-7-9-17(25-4)10-8-16/h5-10,12-13,18H,11,14-15H2,1-4H3,(H2,20,21,22).